The smallest absolute Gasteiger partial charge is 0.421 e. The van der Waals surface area contributed by atoms with Gasteiger partial charge in [-0.1, -0.05) is 12.1 Å². The van der Waals surface area contributed by atoms with Crippen LogP contribution in [0.15, 0.2) is 36.5 Å². The number of aromatic nitrogens is 2. The van der Waals surface area contributed by atoms with E-state index < -0.39 is 33.7 Å². The summed E-state index contributed by atoms with van der Waals surface area (Å²) in [6, 6.07) is 8.09. The minimum Gasteiger partial charge on any atom is -0.494 e. The molecule has 0 spiro atoms. The largest absolute Gasteiger partial charge is 0.494 e. The number of rotatable bonds is 9. The molecule has 0 fully saturated rings. The molecule has 0 atom stereocenters. The van der Waals surface area contributed by atoms with Crippen molar-refractivity contribution in [2.24, 2.45) is 0 Å². The van der Waals surface area contributed by atoms with Crippen LogP contribution in [-0.2, 0) is 27.5 Å². The summed E-state index contributed by atoms with van der Waals surface area (Å²) in [6.45, 7) is 3.31. The van der Waals surface area contributed by atoms with E-state index in [4.69, 9.17) is 4.74 Å². The van der Waals surface area contributed by atoms with Gasteiger partial charge in [-0.25, -0.2) is 18.2 Å². The van der Waals surface area contributed by atoms with Crippen LogP contribution >= 0.6 is 0 Å². The van der Waals surface area contributed by atoms with Gasteiger partial charge >= 0.3 is 12.3 Å². The lowest BCUT2D eigenvalue weighted by molar-refractivity contribution is -0.137. The Bertz CT molecular complexity index is 1520. The van der Waals surface area contributed by atoms with E-state index in [0.29, 0.717) is 34.4 Å². The van der Waals surface area contributed by atoms with Crippen LogP contribution in [0.4, 0.5) is 46.8 Å². The molecule has 0 aliphatic rings. The molecule has 0 radical (unpaired) electrons. The zero-order valence-electron chi connectivity index (χ0n) is 22.6. The summed E-state index contributed by atoms with van der Waals surface area (Å²) in [6.07, 6.45) is -3.78. The summed E-state index contributed by atoms with van der Waals surface area (Å²) >= 11 is 0. The van der Waals surface area contributed by atoms with E-state index in [1.807, 2.05) is 0 Å². The Labute approximate surface area is 229 Å². The number of hydrogen-bond donors (Lipinski definition) is 3. The molecule has 0 unspecified atom stereocenters. The van der Waals surface area contributed by atoms with Crippen LogP contribution < -0.4 is 25.0 Å². The van der Waals surface area contributed by atoms with Crippen molar-refractivity contribution in [2.45, 2.75) is 26.6 Å². The van der Waals surface area contributed by atoms with Gasteiger partial charge < -0.3 is 20.1 Å². The van der Waals surface area contributed by atoms with Gasteiger partial charge in [0.05, 0.1) is 37.5 Å². The summed E-state index contributed by atoms with van der Waals surface area (Å²) in [5.74, 6) is -0.430. The van der Waals surface area contributed by atoms with E-state index >= 15 is 0 Å². The molecule has 3 N–H and O–H groups in total. The molecule has 0 bridgehead atoms. The molecule has 11 nitrogen and oxygen atoms in total. The maximum absolute atomic E-state index is 13.8. The van der Waals surface area contributed by atoms with Crippen LogP contribution in [-0.4, -0.2) is 52.0 Å². The first-order valence-electron chi connectivity index (χ1n) is 11.7. The number of benzene rings is 2. The van der Waals surface area contributed by atoms with E-state index in [-0.39, 0.29) is 18.2 Å². The van der Waals surface area contributed by atoms with E-state index in [1.54, 1.807) is 38.1 Å². The number of ether oxygens (including phenoxy) is 2. The standard InChI is InChI=1S/C25H29F3N6O5S/c1-14-7-8-16(20(9-14)34(3)40(6,36)37)12-29-22-17(25(26,27)28)13-30-23(33-22)31-19-10-15(2)18(11-21(19)38-4)32-24(35)39-5/h7-11,13H,12H2,1-6H3,(H,32,35)(H2,29,30,31,33). The molecule has 40 heavy (non-hydrogen) atoms. The third-order valence-electron chi connectivity index (χ3n) is 5.83. The van der Waals surface area contributed by atoms with Gasteiger partial charge in [0.25, 0.3) is 0 Å². The second-order valence-electron chi connectivity index (χ2n) is 8.78. The van der Waals surface area contributed by atoms with Crippen LogP contribution in [0, 0.1) is 13.8 Å². The number of nitrogens with zero attached hydrogens (tertiary/aromatic N) is 3. The van der Waals surface area contributed by atoms with E-state index in [2.05, 4.69) is 30.7 Å². The molecule has 1 aromatic heterocycles. The van der Waals surface area contributed by atoms with Crippen molar-refractivity contribution in [1.29, 1.82) is 0 Å². The number of methoxy groups -OCH3 is 2. The van der Waals surface area contributed by atoms with E-state index in [1.165, 1.54) is 27.3 Å². The number of halogens is 3. The van der Waals surface area contributed by atoms with Gasteiger partial charge in [-0.2, -0.15) is 18.2 Å². The summed E-state index contributed by atoms with van der Waals surface area (Å²) in [5.41, 5.74) is 1.75. The van der Waals surface area contributed by atoms with Gasteiger partial charge in [-0.05, 0) is 42.7 Å². The lowest BCUT2D eigenvalue weighted by Crippen LogP contribution is -2.26. The number of alkyl halides is 3. The van der Waals surface area contributed by atoms with Crippen LogP contribution in [0.2, 0.25) is 0 Å². The molecular formula is C25H29F3N6O5S. The molecule has 1 heterocycles. The van der Waals surface area contributed by atoms with Crippen molar-refractivity contribution in [3.63, 3.8) is 0 Å². The SMILES string of the molecule is COC(=O)Nc1cc(OC)c(Nc2ncc(C(F)(F)F)c(NCc3ccc(C)cc3N(C)S(C)(=O)=O)n2)cc1C. The number of sulfonamides is 1. The second-order valence-corrected chi connectivity index (χ2v) is 10.8. The molecule has 216 valence electrons. The Hall–Kier alpha value is -4.27. The highest BCUT2D eigenvalue weighted by atomic mass is 32.2. The number of amides is 1. The number of anilines is 5. The number of nitrogens with one attached hydrogen (secondary N) is 3. The fourth-order valence-corrected chi connectivity index (χ4v) is 4.16. The summed E-state index contributed by atoms with van der Waals surface area (Å²) in [4.78, 5) is 19.5. The van der Waals surface area contributed by atoms with E-state index in [9.17, 15) is 26.4 Å². The minimum absolute atomic E-state index is 0.161. The van der Waals surface area contributed by atoms with Crippen LogP contribution in [0.25, 0.3) is 0 Å². The van der Waals surface area contributed by atoms with Crippen molar-refractivity contribution in [3.8, 4) is 5.75 Å². The van der Waals surface area contributed by atoms with Crippen LogP contribution in [0.3, 0.4) is 0 Å². The summed E-state index contributed by atoms with van der Waals surface area (Å²) in [7, 11) is 0.337. The molecule has 3 aromatic rings. The Balaban J connectivity index is 1.97. The third-order valence-corrected chi connectivity index (χ3v) is 7.02. The number of carbonyl (C=O) groups excluding carboxylic acids is 1. The number of carbonyl (C=O) groups is 1. The van der Waals surface area contributed by atoms with Gasteiger partial charge in [0, 0.05) is 25.9 Å². The van der Waals surface area contributed by atoms with Crippen molar-refractivity contribution < 1.29 is 35.9 Å². The summed E-state index contributed by atoms with van der Waals surface area (Å²) in [5, 5.41) is 8.07. The Kier molecular flexibility index (Phi) is 8.97. The maximum Gasteiger partial charge on any atom is 0.421 e. The monoisotopic (exact) mass is 582 g/mol. The predicted octanol–water partition coefficient (Wildman–Crippen LogP) is 5.05. The first-order valence-corrected chi connectivity index (χ1v) is 13.5. The predicted molar refractivity (Wildman–Crippen MR) is 146 cm³/mol. The molecule has 1 amide bonds. The topological polar surface area (TPSA) is 135 Å². The molecule has 0 saturated carbocycles. The average Bonchev–Trinajstić information content (AvgIpc) is 2.87. The highest BCUT2D eigenvalue weighted by Gasteiger charge is 2.35. The quantitative estimate of drug-likeness (QED) is 0.317. The molecule has 2 aromatic carbocycles. The van der Waals surface area contributed by atoms with Gasteiger partial charge in [-0.3, -0.25) is 9.62 Å². The fourth-order valence-electron chi connectivity index (χ4n) is 3.63. The Morgan fingerprint density at radius 2 is 1.80 bits per heavy atom. The minimum atomic E-state index is -4.77. The molecule has 0 aliphatic heterocycles. The Morgan fingerprint density at radius 1 is 1.10 bits per heavy atom. The second kappa shape index (κ2) is 11.9. The van der Waals surface area contributed by atoms with Gasteiger partial charge in [0.2, 0.25) is 16.0 Å². The lowest BCUT2D eigenvalue weighted by Gasteiger charge is -2.22. The zero-order valence-corrected chi connectivity index (χ0v) is 23.4. The van der Waals surface area contributed by atoms with Crippen molar-refractivity contribution in [1.82, 2.24) is 9.97 Å². The van der Waals surface area contributed by atoms with Crippen molar-refractivity contribution in [3.05, 3.63) is 58.8 Å². The molecule has 3 rings (SSSR count). The van der Waals surface area contributed by atoms with Gasteiger partial charge in [0.1, 0.15) is 17.1 Å². The van der Waals surface area contributed by atoms with Crippen LogP contribution in [0.5, 0.6) is 5.75 Å². The maximum atomic E-state index is 13.8. The third kappa shape index (κ3) is 7.22. The fraction of sp³-hybridized carbons (Fsp3) is 0.320. The van der Waals surface area contributed by atoms with Crippen LogP contribution in [0.1, 0.15) is 22.3 Å². The highest BCUT2D eigenvalue weighted by Crippen LogP contribution is 2.36. The first kappa shape index (κ1) is 30.3. The lowest BCUT2D eigenvalue weighted by atomic mass is 10.1. The molecule has 0 aliphatic carbocycles. The van der Waals surface area contributed by atoms with Gasteiger partial charge in [-0.15, -0.1) is 0 Å². The number of aryl methyl sites for hydroxylation is 2. The van der Waals surface area contributed by atoms with Crippen molar-refractivity contribution in [2.75, 3.05) is 47.8 Å². The highest BCUT2D eigenvalue weighted by molar-refractivity contribution is 7.92. The Morgan fingerprint density at radius 3 is 2.40 bits per heavy atom. The average molecular weight is 583 g/mol. The normalized spacial score (nSPS) is 11.5. The molecular weight excluding hydrogens is 553 g/mol. The van der Waals surface area contributed by atoms with Crippen molar-refractivity contribution >= 4 is 44.9 Å². The molecule has 15 heteroatoms. The summed E-state index contributed by atoms with van der Waals surface area (Å²) < 4.78 is 76.7. The van der Waals surface area contributed by atoms with E-state index in [0.717, 1.165) is 16.1 Å². The molecule has 0 saturated heterocycles. The first-order chi connectivity index (χ1) is 18.6. The zero-order chi connectivity index (χ0) is 29.8. The van der Waals surface area contributed by atoms with Gasteiger partial charge in [0.15, 0.2) is 0 Å². The number of hydrogen-bond acceptors (Lipinski definition) is 9.